The van der Waals surface area contributed by atoms with Crippen LogP contribution in [0.1, 0.15) is 0 Å². The first kappa shape index (κ1) is 14.7. The summed E-state index contributed by atoms with van der Waals surface area (Å²) in [6, 6.07) is 12.1. The molecule has 0 bridgehead atoms. The summed E-state index contributed by atoms with van der Waals surface area (Å²) in [5.74, 6) is 1.03. The highest BCUT2D eigenvalue weighted by Gasteiger charge is 2.08. The van der Waals surface area contributed by atoms with E-state index in [4.69, 9.17) is 9.47 Å². The van der Waals surface area contributed by atoms with Gasteiger partial charge in [-0.25, -0.2) is 4.39 Å². The molecule has 20 heavy (non-hydrogen) atoms. The monoisotopic (exact) mass is 339 g/mol. The van der Waals surface area contributed by atoms with Crippen molar-refractivity contribution in [1.82, 2.24) is 0 Å². The molecule has 0 saturated carbocycles. The van der Waals surface area contributed by atoms with E-state index in [-0.39, 0.29) is 5.82 Å². The molecule has 0 aliphatic carbocycles. The molecule has 0 spiro atoms. The molecule has 0 radical (unpaired) electrons. The van der Waals surface area contributed by atoms with E-state index < -0.39 is 0 Å². The second-order valence-corrected chi connectivity index (χ2v) is 4.88. The highest BCUT2D eigenvalue weighted by molar-refractivity contribution is 9.10. The van der Waals surface area contributed by atoms with Crippen molar-refractivity contribution >= 4 is 21.6 Å². The van der Waals surface area contributed by atoms with Gasteiger partial charge in [-0.15, -0.1) is 0 Å². The number of anilines is 1. The van der Waals surface area contributed by atoms with Crippen LogP contribution in [-0.2, 0) is 0 Å². The van der Waals surface area contributed by atoms with Crippen molar-refractivity contribution in [2.45, 2.75) is 0 Å². The fourth-order valence-electron chi connectivity index (χ4n) is 1.73. The van der Waals surface area contributed by atoms with Crippen LogP contribution in [0.25, 0.3) is 0 Å². The Kier molecular flexibility index (Phi) is 5.24. The van der Waals surface area contributed by atoms with Crippen LogP contribution in [0.15, 0.2) is 46.9 Å². The first-order valence-corrected chi connectivity index (χ1v) is 6.95. The molecule has 2 aromatic carbocycles. The maximum absolute atomic E-state index is 13.4. The first-order valence-electron chi connectivity index (χ1n) is 6.16. The van der Waals surface area contributed by atoms with Gasteiger partial charge in [0.2, 0.25) is 0 Å². The van der Waals surface area contributed by atoms with Crippen LogP contribution >= 0.6 is 15.9 Å². The smallest absolute Gasteiger partial charge is 0.175 e. The molecule has 3 nitrogen and oxygen atoms in total. The highest BCUT2D eigenvalue weighted by Crippen LogP contribution is 2.34. The molecule has 2 rings (SSSR count). The Morgan fingerprint density at radius 1 is 1.15 bits per heavy atom. The van der Waals surface area contributed by atoms with E-state index in [1.54, 1.807) is 25.3 Å². The maximum atomic E-state index is 13.4. The molecule has 2 aromatic rings. The number of methoxy groups -OCH3 is 1. The molecule has 0 aliphatic rings. The van der Waals surface area contributed by atoms with Gasteiger partial charge in [0.15, 0.2) is 11.5 Å². The summed E-state index contributed by atoms with van der Waals surface area (Å²) >= 11 is 3.41. The van der Waals surface area contributed by atoms with Crippen molar-refractivity contribution in [3.63, 3.8) is 0 Å². The van der Waals surface area contributed by atoms with Crippen LogP contribution in [0.4, 0.5) is 10.1 Å². The summed E-state index contributed by atoms with van der Waals surface area (Å²) in [6.07, 6.45) is 0. The van der Waals surface area contributed by atoms with E-state index >= 15 is 0 Å². The predicted octanol–water partition coefficient (Wildman–Crippen LogP) is 4.09. The Morgan fingerprint density at radius 3 is 2.70 bits per heavy atom. The van der Waals surface area contributed by atoms with Gasteiger partial charge >= 0.3 is 0 Å². The lowest BCUT2D eigenvalue weighted by Crippen LogP contribution is -2.12. The Labute approximate surface area is 125 Å². The number of hydrogen-bond acceptors (Lipinski definition) is 3. The molecular formula is C15H15BrFNO2. The molecule has 0 aliphatic heterocycles. The lowest BCUT2D eigenvalue weighted by molar-refractivity contribution is 0.304. The lowest BCUT2D eigenvalue weighted by atomic mass is 10.3. The van der Waals surface area contributed by atoms with Gasteiger partial charge in [0.1, 0.15) is 12.4 Å². The van der Waals surface area contributed by atoms with Crippen molar-refractivity contribution in [3.05, 3.63) is 52.8 Å². The van der Waals surface area contributed by atoms with Crippen molar-refractivity contribution < 1.29 is 13.9 Å². The van der Waals surface area contributed by atoms with Crippen molar-refractivity contribution in [2.75, 3.05) is 25.6 Å². The average Bonchev–Trinajstić information content (AvgIpc) is 2.46. The Hall–Kier alpha value is -1.75. The second-order valence-electron chi connectivity index (χ2n) is 4.03. The van der Waals surface area contributed by atoms with Gasteiger partial charge in [-0.1, -0.05) is 18.2 Å². The molecule has 0 heterocycles. The molecule has 106 valence electrons. The Morgan fingerprint density at radius 2 is 1.95 bits per heavy atom. The van der Waals surface area contributed by atoms with E-state index in [9.17, 15) is 4.39 Å². The van der Waals surface area contributed by atoms with Gasteiger partial charge in [0, 0.05) is 6.54 Å². The minimum Gasteiger partial charge on any atom is -0.493 e. The first-order chi connectivity index (χ1) is 9.72. The zero-order chi connectivity index (χ0) is 14.4. The average molecular weight is 340 g/mol. The van der Waals surface area contributed by atoms with Crippen LogP contribution in [0.3, 0.4) is 0 Å². The van der Waals surface area contributed by atoms with Crippen LogP contribution in [0, 0.1) is 5.82 Å². The number of ether oxygens (including phenoxy) is 2. The molecule has 0 unspecified atom stereocenters. The molecular weight excluding hydrogens is 325 g/mol. The van der Waals surface area contributed by atoms with Gasteiger partial charge in [-0.3, -0.25) is 0 Å². The number of halogens is 2. The van der Waals surface area contributed by atoms with Crippen molar-refractivity contribution in [1.29, 1.82) is 0 Å². The van der Waals surface area contributed by atoms with Crippen LogP contribution in [0.5, 0.6) is 11.5 Å². The normalized spacial score (nSPS) is 10.2. The van der Waals surface area contributed by atoms with E-state index in [0.717, 1.165) is 4.47 Å². The number of rotatable bonds is 6. The van der Waals surface area contributed by atoms with Gasteiger partial charge in [-0.05, 0) is 40.2 Å². The Bertz CT molecular complexity index is 578. The van der Waals surface area contributed by atoms with E-state index in [2.05, 4.69) is 21.2 Å². The second kappa shape index (κ2) is 7.14. The molecule has 0 fully saturated rings. The quantitative estimate of drug-likeness (QED) is 0.804. The Balaban J connectivity index is 1.89. The maximum Gasteiger partial charge on any atom is 0.175 e. The van der Waals surface area contributed by atoms with Crippen LogP contribution in [0.2, 0.25) is 0 Å². The molecule has 0 aromatic heterocycles. The largest absolute Gasteiger partial charge is 0.493 e. The van der Waals surface area contributed by atoms with Gasteiger partial charge in [-0.2, -0.15) is 0 Å². The summed E-state index contributed by atoms with van der Waals surface area (Å²) < 4.78 is 25.1. The minimum absolute atomic E-state index is 0.272. The molecule has 0 amide bonds. The topological polar surface area (TPSA) is 30.5 Å². The molecule has 0 saturated heterocycles. The standard InChI is InChI=1S/C15H15BrFNO2/c1-19-14-8-4-5-11(16)15(14)20-10-9-18-13-7-3-2-6-12(13)17/h2-8,18H,9-10H2,1H3. The third kappa shape index (κ3) is 3.63. The van der Waals surface area contributed by atoms with Crippen molar-refractivity contribution in [3.8, 4) is 11.5 Å². The summed E-state index contributed by atoms with van der Waals surface area (Å²) in [4.78, 5) is 0. The highest BCUT2D eigenvalue weighted by atomic mass is 79.9. The fourth-order valence-corrected chi connectivity index (χ4v) is 2.20. The van der Waals surface area contributed by atoms with Crippen molar-refractivity contribution in [2.24, 2.45) is 0 Å². The summed E-state index contributed by atoms with van der Waals surface area (Å²) in [5, 5.41) is 2.98. The number of para-hydroxylation sites is 2. The summed E-state index contributed by atoms with van der Waals surface area (Å²) in [6.45, 7) is 0.888. The third-order valence-corrected chi connectivity index (χ3v) is 3.31. The fraction of sp³-hybridized carbons (Fsp3) is 0.200. The van der Waals surface area contributed by atoms with Gasteiger partial charge in [0.25, 0.3) is 0 Å². The third-order valence-electron chi connectivity index (χ3n) is 2.69. The van der Waals surface area contributed by atoms with Crippen LogP contribution < -0.4 is 14.8 Å². The lowest BCUT2D eigenvalue weighted by Gasteiger charge is -2.13. The zero-order valence-electron chi connectivity index (χ0n) is 11.0. The number of benzene rings is 2. The minimum atomic E-state index is -0.272. The van der Waals surface area contributed by atoms with Gasteiger partial charge < -0.3 is 14.8 Å². The summed E-state index contributed by atoms with van der Waals surface area (Å²) in [7, 11) is 1.59. The molecule has 1 N–H and O–H groups in total. The predicted molar refractivity (Wildman–Crippen MR) is 81.1 cm³/mol. The SMILES string of the molecule is COc1cccc(Br)c1OCCNc1ccccc1F. The molecule has 0 atom stereocenters. The number of hydrogen-bond donors (Lipinski definition) is 1. The summed E-state index contributed by atoms with van der Waals surface area (Å²) in [5.41, 5.74) is 0.468. The van der Waals surface area contributed by atoms with E-state index in [0.29, 0.717) is 30.3 Å². The van der Waals surface area contributed by atoms with E-state index in [1.165, 1.54) is 6.07 Å². The number of nitrogens with one attached hydrogen (secondary N) is 1. The van der Waals surface area contributed by atoms with Crippen LogP contribution in [-0.4, -0.2) is 20.3 Å². The van der Waals surface area contributed by atoms with Gasteiger partial charge in [0.05, 0.1) is 17.3 Å². The zero-order valence-corrected chi connectivity index (χ0v) is 12.6. The molecule has 5 heteroatoms. The van der Waals surface area contributed by atoms with E-state index in [1.807, 2.05) is 18.2 Å².